The van der Waals surface area contributed by atoms with Crippen LogP contribution in [0.5, 0.6) is 5.75 Å². The van der Waals surface area contributed by atoms with E-state index in [1.54, 1.807) is 62.6 Å². The van der Waals surface area contributed by atoms with Crippen molar-refractivity contribution in [2.75, 3.05) is 24.8 Å². The molecular formula is C26H24ClN3O4S. The molecule has 1 atom stereocenters. The Bertz CT molecular complexity index is 1230. The van der Waals surface area contributed by atoms with Gasteiger partial charge in [0.1, 0.15) is 12.4 Å². The molecule has 1 amide bonds. The van der Waals surface area contributed by atoms with Crippen molar-refractivity contribution in [3.05, 3.63) is 93.6 Å². The zero-order valence-corrected chi connectivity index (χ0v) is 20.8. The molecule has 180 valence electrons. The highest BCUT2D eigenvalue weighted by atomic mass is 35.5. The van der Waals surface area contributed by atoms with Crippen LogP contribution in [0.1, 0.15) is 18.4 Å². The zero-order chi connectivity index (χ0) is 25.4. The number of esters is 1. The van der Waals surface area contributed by atoms with E-state index in [1.807, 2.05) is 0 Å². The molecule has 0 saturated heterocycles. The lowest BCUT2D eigenvalue weighted by Gasteiger charge is -2.29. The van der Waals surface area contributed by atoms with Gasteiger partial charge in [-0.1, -0.05) is 54.2 Å². The summed E-state index contributed by atoms with van der Waals surface area (Å²) < 4.78 is 10.4. The van der Waals surface area contributed by atoms with Gasteiger partial charge in [0, 0.05) is 16.4 Å². The number of amides is 1. The summed E-state index contributed by atoms with van der Waals surface area (Å²) in [5.74, 6) is -0.853. The van der Waals surface area contributed by atoms with Gasteiger partial charge in [0.25, 0.3) is 0 Å². The van der Waals surface area contributed by atoms with Gasteiger partial charge in [-0.2, -0.15) is 5.26 Å². The fourth-order valence-electron chi connectivity index (χ4n) is 3.54. The van der Waals surface area contributed by atoms with Gasteiger partial charge in [-0.3, -0.25) is 4.79 Å². The van der Waals surface area contributed by atoms with E-state index < -0.39 is 11.9 Å². The van der Waals surface area contributed by atoms with Crippen LogP contribution in [-0.2, 0) is 14.3 Å². The maximum Gasteiger partial charge on any atom is 0.337 e. The molecule has 7 nitrogen and oxygen atoms in total. The first kappa shape index (κ1) is 25.9. The highest BCUT2D eigenvalue weighted by Crippen LogP contribution is 2.43. The second-order valence-corrected chi connectivity index (χ2v) is 8.82. The summed E-state index contributed by atoms with van der Waals surface area (Å²) in [5.41, 5.74) is 2.29. The van der Waals surface area contributed by atoms with Crippen LogP contribution in [0.2, 0.25) is 5.02 Å². The molecule has 2 aromatic carbocycles. The Kier molecular flexibility index (Phi) is 9.01. The molecule has 0 spiro atoms. The third kappa shape index (κ3) is 6.27. The van der Waals surface area contributed by atoms with Gasteiger partial charge in [-0.05, 0) is 42.8 Å². The Morgan fingerprint density at radius 3 is 2.60 bits per heavy atom. The highest BCUT2D eigenvalue weighted by molar-refractivity contribution is 8.03. The first-order valence-corrected chi connectivity index (χ1v) is 12.0. The topological polar surface area (TPSA) is 100 Å². The molecule has 0 aromatic heterocycles. The number of rotatable bonds is 9. The van der Waals surface area contributed by atoms with E-state index in [2.05, 4.69) is 23.3 Å². The number of ether oxygens (including phenoxy) is 2. The molecule has 2 N–H and O–H groups in total. The van der Waals surface area contributed by atoms with E-state index in [9.17, 15) is 14.9 Å². The first-order valence-electron chi connectivity index (χ1n) is 10.6. The summed E-state index contributed by atoms with van der Waals surface area (Å²) in [7, 11) is 1.57. The molecule has 1 heterocycles. The highest BCUT2D eigenvalue weighted by Gasteiger charge is 2.36. The average Bonchev–Trinajstić information content (AvgIpc) is 2.86. The Hall–Kier alpha value is -3.67. The van der Waals surface area contributed by atoms with Crippen molar-refractivity contribution in [1.82, 2.24) is 5.32 Å². The predicted molar refractivity (Wildman–Crippen MR) is 138 cm³/mol. The van der Waals surface area contributed by atoms with Crippen LogP contribution in [0.25, 0.3) is 0 Å². The third-order valence-corrected chi connectivity index (χ3v) is 6.50. The monoisotopic (exact) mass is 509 g/mol. The maximum absolute atomic E-state index is 12.9. The van der Waals surface area contributed by atoms with Crippen LogP contribution in [-0.4, -0.2) is 31.3 Å². The van der Waals surface area contributed by atoms with E-state index >= 15 is 0 Å². The molecule has 0 fully saturated rings. The summed E-state index contributed by atoms with van der Waals surface area (Å²) in [4.78, 5) is 25.5. The Balaban J connectivity index is 1.88. The van der Waals surface area contributed by atoms with E-state index in [0.29, 0.717) is 32.7 Å². The van der Waals surface area contributed by atoms with Crippen LogP contribution < -0.4 is 15.4 Å². The predicted octanol–water partition coefficient (Wildman–Crippen LogP) is 5.15. The number of hydrogen-bond donors (Lipinski definition) is 2. The van der Waals surface area contributed by atoms with Crippen molar-refractivity contribution in [3.8, 4) is 11.8 Å². The fourth-order valence-corrected chi connectivity index (χ4v) is 4.68. The van der Waals surface area contributed by atoms with Crippen LogP contribution in [0.4, 0.5) is 5.69 Å². The summed E-state index contributed by atoms with van der Waals surface area (Å²) in [6, 6.07) is 16.2. The molecule has 1 unspecified atom stereocenters. The first-order chi connectivity index (χ1) is 16.9. The number of nitrogens with one attached hydrogen (secondary N) is 2. The molecule has 0 aliphatic carbocycles. The van der Waals surface area contributed by atoms with Crippen LogP contribution in [0.15, 0.2) is 83.1 Å². The summed E-state index contributed by atoms with van der Waals surface area (Å²) in [6.45, 7) is 5.33. The van der Waals surface area contributed by atoms with Crippen molar-refractivity contribution < 1.29 is 19.1 Å². The lowest BCUT2D eigenvalue weighted by molar-refractivity contribution is -0.138. The van der Waals surface area contributed by atoms with Crippen molar-refractivity contribution in [2.24, 2.45) is 0 Å². The van der Waals surface area contributed by atoms with E-state index in [1.165, 1.54) is 17.8 Å². The number of nitriles is 1. The third-order valence-electron chi connectivity index (χ3n) is 5.14. The lowest BCUT2D eigenvalue weighted by atomic mass is 9.82. The number of hydrogen-bond acceptors (Lipinski definition) is 7. The normalized spacial score (nSPS) is 15.1. The Labute approximate surface area is 213 Å². The number of dihydropyridines is 1. The molecular weight excluding hydrogens is 486 g/mol. The molecule has 1 aliphatic rings. The van der Waals surface area contributed by atoms with E-state index in [-0.39, 0.29) is 29.4 Å². The molecule has 9 heteroatoms. The van der Waals surface area contributed by atoms with Gasteiger partial charge < -0.3 is 20.1 Å². The smallest absolute Gasteiger partial charge is 0.337 e. The van der Waals surface area contributed by atoms with Gasteiger partial charge in [0.2, 0.25) is 5.91 Å². The molecule has 3 rings (SSSR count). The standard InChI is InChI=1S/C26H24ClN3O4S/c1-4-13-34-26(32)23-16(2)29-25(20(14-28)24(23)19-7-5-6-8-21(19)27)35-15-22(31)30-17-9-11-18(33-3)12-10-17/h4-12,24,29H,1,13,15H2,2-3H3,(H,30,31). The second kappa shape index (κ2) is 12.2. The SMILES string of the molecule is C=CCOC(=O)C1=C(C)NC(SCC(=O)Nc2ccc(OC)cc2)=C(C#N)C1c1ccccc1Cl. The summed E-state index contributed by atoms with van der Waals surface area (Å²) in [6.07, 6.45) is 1.47. The number of methoxy groups -OCH3 is 1. The maximum atomic E-state index is 12.9. The second-order valence-electron chi connectivity index (χ2n) is 7.43. The quantitative estimate of drug-likeness (QED) is 0.356. The number of carbonyl (C=O) groups excluding carboxylic acids is 2. The van der Waals surface area contributed by atoms with Gasteiger partial charge in [0.05, 0.1) is 41.0 Å². The van der Waals surface area contributed by atoms with Crippen molar-refractivity contribution >= 4 is 40.9 Å². The largest absolute Gasteiger partial charge is 0.497 e. The zero-order valence-electron chi connectivity index (χ0n) is 19.3. The summed E-state index contributed by atoms with van der Waals surface area (Å²) in [5, 5.41) is 16.9. The van der Waals surface area contributed by atoms with Crippen molar-refractivity contribution in [3.63, 3.8) is 0 Å². The average molecular weight is 510 g/mol. The minimum absolute atomic E-state index is 0.0313. The van der Waals surface area contributed by atoms with Gasteiger partial charge in [-0.15, -0.1) is 0 Å². The number of halogens is 1. The minimum atomic E-state index is -0.751. The van der Waals surface area contributed by atoms with Crippen LogP contribution >= 0.6 is 23.4 Å². The molecule has 0 radical (unpaired) electrons. The number of nitrogens with zero attached hydrogens (tertiary/aromatic N) is 1. The number of carbonyl (C=O) groups is 2. The molecule has 0 bridgehead atoms. The van der Waals surface area contributed by atoms with Crippen LogP contribution in [0.3, 0.4) is 0 Å². The fraction of sp³-hybridized carbons (Fsp3) is 0.192. The number of benzene rings is 2. The Morgan fingerprint density at radius 1 is 1.26 bits per heavy atom. The molecule has 0 saturated carbocycles. The number of thioether (sulfide) groups is 1. The molecule has 2 aromatic rings. The van der Waals surface area contributed by atoms with Crippen LogP contribution in [0, 0.1) is 11.3 Å². The van der Waals surface area contributed by atoms with Crippen molar-refractivity contribution in [2.45, 2.75) is 12.8 Å². The number of allylic oxidation sites excluding steroid dienone is 2. The van der Waals surface area contributed by atoms with Gasteiger partial charge >= 0.3 is 5.97 Å². The lowest BCUT2D eigenvalue weighted by Crippen LogP contribution is -2.29. The Morgan fingerprint density at radius 2 is 1.97 bits per heavy atom. The number of anilines is 1. The molecule has 35 heavy (non-hydrogen) atoms. The van der Waals surface area contributed by atoms with Gasteiger partial charge in [0.15, 0.2) is 0 Å². The van der Waals surface area contributed by atoms with E-state index in [0.717, 1.165) is 0 Å². The summed E-state index contributed by atoms with van der Waals surface area (Å²) >= 11 is 7.63. The van der Waals surface area contributed by atoms with Crippen molar-refractivity contribution in [1.29, 1.82) is 5.26 Å². The van der Waals surface area contributed by atoms with Gasteiger partial charge in [-0.25, -0.2) is 4.79 Å². The molecule has 1 aliphatic heterocycles. The minimum Gasteiger partial charge on any atom is -0.497 e. The van der Waals surface area contributed by atoms with E-state index in [4.69, 9.17) is 21.1 Å².